The summed E-state index contributed by atoms with van der Waals surface area (Å²) in [7, 11) is 1.92. The number of nitrogens with zero attached hydrogens (tertiary/aromatic N) is 3. The van der Waals surface area contributed by atoms with Gasteiger partial charge in [0.15, 0.2) is 5.65 Å². The molecule has 62 valence electrons. The topological polar surface area (TPSA) is 30.7 Å². The van der Waals surface area contributed by atoms with Crippen LogP contribution in [0, 0.1) is 13.8 Å². The molecule has 0 saturated carbocycles. The monoisotopic (exact) mass is 161 g/mol. The molecule has 0 aromatic carbocycles. The van der Waals surface area contributed by atoms with Crippen molar-refractivity contribution in [2.24, 2.45) is 7.05 Å². The van der Waals surface area contributed by atoms with Crippen molar-refractivity contribution >= 4 is 11.0 Å². The molecule has 0 atom stereocenters. The molecule has 0 radical (unpaired) electrons. The van der Waals surface area contributed by atoms with Crippen LogP contribution in [0.5, 0.6) is 0 Å². The Morgan fingerprint density at radius 2 is 2.00 bits per heavy atom. The van der Waals surface area contributed by atoms with Gasteiger partial charge in [0.05, 0.1) is 5.69 Å². The van der Waals surface area contributed by atoms with E-state index in [0.29, 0.717) is 0 Å². The van der Waals surface area contributed by atoms with Crippen LogP contribution in [0.2, 0.25) is 0 Å². The van der Waals surface area contributed by atoms with Crippen molar-refractivity contribution < 1.29 is 0 Å². The standard InChI is InChI=1S/C9H11N3/c1-6-4-5-8-7(2)11-12(3)9(8)10-6/h4-5H,1-3H3. The van der Waals surface area contributed by atoms with Crippen molar-refractivity contribution in [3.05, 3.63) is 23.5 Å². The largest absolute Gasteiger partial charge is 0.250 e. The maximum absolute atomic E-state index is 4.40. The summed E-state index contributed by atoms with van der Waals surface area (Å²) >= 11 is 0. The number of aromatic nitrogens is 3. The fourth-order valence-corrected chi connectivity index (χ4v) is 1.40. The third kappa shape index (κ3) is 0.897. The summed E-state index contributed by atoms with van der Waals surface area (Å²) in [4.78, 5) is 4.40. The zero-order valence-corrected chi connectivity index (χ0v) is 7.50. The highest BCUT2D eigenvalue weighted by molar-refractivity contribution is 5.78. The summed E-state index contributed by atoms with van der Waals surface area (Å²) in [6, 6.07) is 4.08. The van der Waals surface area contributed by atoms with Crippen LogP contribution >= 0.6 is 0 Å². The molecular weight excluding hydrogens is 150 g/mol. The molecule has 2 aromatic heterocycles. The van der Waals surface area contributed by atoms with E-state index < -0.39 is 0 Å². The first-order valence-electron chi connectivity index (χ1n) is 3.95. The number of hydrogen-bond acceptors (Lipinski definition) is 2. The molecule has 0 spiro atoms. The van der Waals surface area contributed by atoms with Gasteiger partial charge in [0.1, 0.15) is 0 Å². The Balaban J connectivity index is 2.90. The fourth-order valence-electron chi connectivity index (χ4n) is 1.40. The molecule has 0 fully saturated rings. The van der Waals surface area contributed by atoms with Crippen LogP contribution in [0.1, 0.15) is 11.4 Å². The molecule has 0 aliphatic heterocycles. The van der Waals surface area contributed by atoms with Crippen LogP contribution in [0.15, 0.2) is 12.1 Å². The third-order valence-electron chi connectivity index (χ3n) is 2.01. The molecule has 0 unspecified atom stereocenters. The summed E-state index contributed by atoms with van der Waals surface area (Å²) in [5, 5.41) is 5.43. The van der Waals surface area contributed by atoms with Crippen LogP contribution in [-0.2, 0) is 7.05 Å². The highest BCUT2D eigenvalue weighted by Gasteiger charge is 2.04. The van der Waals surface area contributed by atoms with Gasteiger partial charge in [-0.3, -0.25) is 4.68 Å². The van der Waals surface area contributed by atoms with Crippen molar-refractivity contribution in [3.8, 4) is 0 Å². The van der Waals surface area contributed by atoms with Crippen molar-refractivity contribution in [2.45, 2.75) is 13.8 Å². The molecule has 0 aliphatic carbocycles. The first kappa shape index (κ1) is 7.28. The Bertz CT molecular complexity index is 429. The van der Waals surface area contributed by atoms with Crippen LogP contribution < -0.4 is 0 Å². The lowest BCUT2D eigenvalue weighted by atomic mass is 10.2. The van der Waals surface area contributed by atoms with Gasteiger partial charge in [-0.1, -0.05) is 0 Å². The maximum atomic E-state index is 4.40. The van der Waals surface area contributed by atoms with E-state index in [4.69, 9.17) is 0 Å². The van der Waals surface area contributed by atoms with E-state index in [-0.39, 0.29) is 0 Å². The van der Waals surface area contributed by atoms with Gasteiger partial charge in [0.2, 0.25) is 0 Å². The van der Waals surface area contributed by atoms with E-state index in [2.05, 4.69) is 16.1 Å². The smallest absolute Gasteiger partial charge is 0.157 e. The quantitative estimate of drug-likeness (QED) is 0.587. The van der Waals surface area contributed by atoms with Gasteiger partial charge < -0.3 is 0 Å². The maximum Gasteiger partial charge on any atom is 0.157 e. The number of fused-ring (bicyclic) bond motifs is 1. The number of rotatable bonds is 0. The van der Waals surface area contributed by atoms with Gasteiger partial charge >= 0.3 is 0 Å². The van der Waals surface area contributed by atoms with Crippen LogP contribution in [0.25, 0.3) is 11.0 Å². The average Bonchev–Trinajstić information content (AvgIpc) is 2.28. The van der Waals surface area contributed by atoms with Crippen LogP contribution in [-0.4, -0.2) is 14.8 Å². The first-order valence-corrected chi connectivity index (χ1v) is 3.95. The van der Waals surface area contributed by atoms with Crippen molar-refractivity contribution in [1.29, 1.82) is 0 Å². The van der Waals surface area contributed by atoms with E-state index in [1.807, 2.05) is 31.6 Å². The molecule has 0 aliphatic rings. The SMILES string of the molecule is Cc1ccc2c(C)nn(C)c2n1. The lowest BCUT2D eigenvalue weighted by molar-refractivity contribution is 0.772. The summed E-state index contributed by atoms with van der Waals surface area (Å²) in [6.45, 7) is 3.99. The molecule has 0 saturated heterocycles. The zero-order valence-electron chi connectivity index (χ0n) is 7.50. The van der Waals surface area contributed by atoms with E-state index >= 15 is 0 Å². The Labute approximate surface area is 71.0 Å². The molecule has 3 nitrogen and oxygen atoms in total. The van der Waals surface area contributed by atoms with Gasteiger partial charge in [0.25, 0.3) is 0 Å². The van der Waals surface area contributed by atoms with Gasteiger partial charge in [-0.25, -0.2) is 4.98 Å². The number of pyridine rings is 1. The molecule has 12 heavy (non-hydrogen) atoms. The molecule has 0 amide bonds. The van der Waals surface area contributed by atoms with Crippen molar-refractivity contribution in [3.63, 3.8) is 0 Å². The zero-order chi connectivity index (χ0) is 8.72. The highest BCUT2D eigenvalue weighted by Crippen LogP contribution is 2.14. The Hall–Kier alpha value is -1.38. The minimum Gasteiger partial charge on any atom is -0.250 e. The van der Waals surface area contributed by atoms with Gasteiger partial charge in [-0.05, 0) is 26.0 Å². The summed E-state index contributed by atoms with van der Waals surface area (Å²) in [5.74, 6) is 0. The second-order valence-electron chi connectivity index (χ2n) is 3.03. The first-order chi connectivity index (χ1) is 5.68. The molecule has 2 aromatic rings. The molecule has 0 N–H and O–H groups in total. The second-order valence-corrected chi connectivity index (χ2v) is 3.03. The van der Waals surface area contributed by atoms with E-state index in [1.165, 1.54) is 0 Å². The van der Waals surface area contributed by atoms with Gasteiger partial charge in [-0.15, -0.1) is 0 Å². The molecular formula is C9H11N3. The fraction of sp³-hybridized carbons (Fsp3) is 0.333. The van der Waals surface area contributed by atoms with Gasteiger partial charge in [0, 0.05) is 18.1 Å². The van der Waals surface area contributed by atoms with Crippen LogP contribution in [0.4, 0.5) is 0 Å². The minimum atomic E-state index is 0.965. The highest BCUT2D eigenvalue weighted by atomic mass is 15.3. The number of aryl methyl sites for hydroxylation is 3. The lowest BCUT2D eigenvalue weighted by Gasteiger charge is -1.93. The van der Waals surface area contributed by atoms with Crippen LogP contribution in [0.3, 0.4) is 0 Å². The Morgan fingerprint density at radius 1 is 1.25 bits per heavy atom. The molecule has 2 rings (SSSR count). The third-order valence-corrected chi connectivity index (χ3v) is 2.01. The second kappa shape index (κ2) is 2.30. The Kier molecular flexibility index (Phi) is 1.40. The molecule has 3 heteroatoms. The molecule has 0 bridgehead atoms. The van der Waals surface area contributed by atoms with Crippen molar-refractivity contribution in [1.82, 2.24) is 14.8 Å². The summed E-state index contributed by atoms with van der Waals surface area (Å²) < 4.78 is 1.82. The van der Waals surface area contributed by atoms with E-state index in [9.17, 15) is 0 Å². The Morgan fingerprint density at radius 3 is 2.75 bits per heavy atom. The molecule has 2 heterocycles. The van der Waals surface area contributed by atoms with E-state index in [1.54, 1.807) is 0 Å². The summed E-state index contributed by atoms with van der Waals surface area (Å²) in [6.07, 6.45) is 0. The summed E-state index contributed by atoms with van der Waals surface area (Å²) in [5.41, 5.74) is 3.04. The lowest BCUT2D eigenvalue weighted by Crippen LogP contribution is -1.92. The normalized spacial score (nSPS) is 10.9. The van der Waals surface area contributed by atoms with Crippen molar-refractivity contribution in [2.75, 3.05) is 0 Å². The number of hydrogen-bond donors (Lipinski definition) is 0. The average molecular weight is 161 g/mol. The van der Waals surface area contributed by atoms with Gasteiger partial charge in [-0.2, -0.15) is 5.10 Å². The minimum absolute atomic E-state index is 0.965. The van der Waals surface area contributed by atoms with E-state index in [0.717, 1.165) is 22.4 Å². The predicted molar refractivity (Wildman–Crippen MR) is 48.0 cm³/mol. The predicted octanol–water partition coefficient (Wildman–Crippen LogP) is 1.59.